The van der Waals surface area contributed by atoms with Gasteiger partial charge in [-0.05, 0) is 26.3 Å². The molecule has 0 radical (unpaired) electrons. The van der Waals surface area contributed by atoms with Crippen LogP contribution in [0.4, 0.5) is 26.3 Å². The van der Waals surface area contributed by atoms with Crippen LogP contribution in [0.1, 0.15) is 69.4 Å². The van der Waals surface area contributed by atoms with Crippen molar-refractivity contribution in [3.8, 4) is 5.19 Å². The summed E-state index contributed by atoms with van der Waals surface area (Å²) < 4.78 is 69.9. The Bertz CT molecular complexity index is 605. The molecule has 0 amide bonds. The lowest BCUT2D eigenvalue weighted by molar-refractivity contribution is -0.139. The first-order chi connectivity index (χ1) is 17.8. The molecule has 2 N–H and O–H groups in total. The summed E-state index contributed by atoms with van der Waals surface area (Å²) in [6.45, 7) is 10.2. The van der Waals surface area contributed by atoms with E-state index in [0.717, 1.165) is 32.0 Å². The Labute approximate surface area is 222 Å². The third-order valence-electron chi connectivity index (χ3n) is 4.96. The van der Waals surface area contributed by atoms with E-state index in [2.05, 4.69) is 28.8 Å². The zero-order valence-corrected chi connectivity index (χ0v) is 23.2. The Balaban J connectivity index is -0.000000571. The number of aldehydes is 1. The van der Waals surface area contributed by atoms with Crippen LogP contribution in [0.3, 0.4) is 0 Å². The van der Waals surface area contributed by atoms with Gasteiger partial charge in [-0.25, -0.2) is 18.2 Å². The maximum absolute atomic E-state index is 12.1. The average molecular weight is 566 g/mol. The van der Waals surface area contributed by atoms with Crippen molar-refractivity contribution in [2.24, 2.45) is 5.73 Å². The first-order valence-electron chi connectivity index (χ1n) is 12.5. The molecule has 3 rings (SSSR count). The lowest BCUT2D eigenvalue weighted by Gasteiger charge is -2.33. The Morgan fingerprint density at radius 1 is 1.08 bits per heavy atom. The highest BCUT2D eigenvalue weighted by Gasteiger charge is 2.26. The number of thiazole rings is 1. The smallest absolute Gasteiger partial charge is 0.389 e. The van der Waals surface area contributed by atoms with Crippen LogP contribution >= 0.6 is 11.3 Å². The first-order valence-corrected chi connectivity index (χ1v) is 13.3. The molecule has 0 bridgehead atoms. The first kappa shape index (κ1) is 39.8. The summed E-state index contributed by atoms with van der Waals surface area (Å²) in [5.74, 6) is 0. The SMILES string of the molecule is C=C.CC.CN.FCCOc1nc2c(s1)CCN(C1CCCCC1)CC2.FCF.O=CCCC(F)(F)F. The van der Waals surface area contributed by atoms with Gasteiger partial charge in [0.25, 0.3) is 5.19 Å². The minimum Gasteiger partial charge on any atom is -0.467 e. The van der Waals surface area contributed by atoms with Crippen molar-refractivity contribution in [2.45, 2.75) is 83.9 Å². The number of ether oxygens (including phenoxy) is 1. The number of fused-ring (bicyclic) bond motifs is 1. The number of nitrogens with two attached hydrogens (primary N) is 1. The highest BCUT2D eigenvalue weighted by Crippen LogP contribution is 2.30. The Morgan fingerprint density at radius 2 is 1.62 bits per heavy atom. The number of carbonyl (C=O) groups is 1. The summed E-state index contributed by atoms with van der Waals surface area (Å²) in [6, 6.07) is 0.792. The van der Waals surface area contributed by atoms with Gasteiger partial charge in [-0.1, -0.05) is 44.4 Å². The number of carbonyl (C=O) groups excluding carboxylic acids is 1. The lowest BCUT2D eigenvalue weighted by atomic mass is 9.94. The van der Waals surface area contributed by atoms with E-state index in [9.17, 15) is 31.1 Å². The largest absolute Gasteiger partial charge is 0.467 e. The molecule has 1 aromatic heterocycles. The molecule has 0 spiro atoms. The molecular formula is C25H45F6N3O2S. The van der Waals surface area contributed by atoms with E-state index >= 15 is 0 Å². The molecule has 12 heteroatoms. The Kier molecular flexibility index (Phi) is 29.5. The van der Waals surface area contributed by atoms with Crippen LogP contribution in [0.15, 0.2) is 13.2 Å². The highest BCUT2D eigenvalue weighted by molar-refractivity contribution is 7.13. The van der Waals surface area contributed by atoms with E-state index in [4.69, 9.17) is 4.74 Å². The Hall–Kier alpha value is -1.66. The monoisotopic (exact) mass is 565 g/mol. The zero-order chi connectivity index (χ0) is 29.1. The number of alkyl halides is 6. The highest BCUT2D eigenvalue weighted by atomic mass is 32.1. The van der Waals surface area contributed by atoms with Crippen molar-refractivity contribution in [1.29, 1.82) is 0 Å². The fourth-order valence-corrected chi connectivity index (χ4v) is 4.55. The number of halogens is 6. The van der Waals surface area contributed by atoms with Crippen LogP contribution in [0.2, 0.25) is 0 Å². The minimum atomic E-state index is -4.18. The van der Waals surface area contributed by atoms with Gasteiger partial charge < -0.3 is 15.3 Å². The van der Waals surface area contributed by atoms with Crippen LogP contribution in [-0.4, -0.2) is 68.7 Å². The van der Waals surface area contributed by atoms with Crippen molar-refractivity contribution < 1.29 is 35.9 Å². The molecule has 1 saturated carbocycles. The van der Waals surface area contributed by atoms with Gasteiger partial charge in [-0.15, -0.1) is 13.2 Å². The van der Waals surface area contributed by atoms with E-state index in [1.165, 1.54) is 49.7 Å². The molecule has 0 atom stereocenters. The third kappa shape index (κ3) is 21.0. The second-order valence-electron chi connectivity index (χ2n) is 7.14. The van der Waals surface area contributed by atoms with Crippen LogP contribution in [0, 0.1) is 0 Å². The summed E-state index contributed by atoms with van der Waals surface area (Å²) >= 11 is 1.61. The molecule has 1 aliphatic heterocycles. The number of hydrogen-bond acceptors (Lipinski definition) is 6. The van der Waals surface area contributed by atoms with E-state index in [1.54, 1.807) is 11.3 Å². The van der Waals surface area contributed by atoms with E-state index < -0.39 is 32.6 Å². The van der Waals surface area contributed by atoms with Gasteiger partial charge in [0.2, 0.25) is 6.93 Å². The van der Waals surface area contributed by atoms with Crippen LogP contribution in [0.25, 0.3) is 0 Å². The number of nitrogens with zero attached hydrogens (tertiary/aromatic N) is 2. The van der Waals surface area contributed by atoms with E-state index in [0.29, 0.717) is 5.19 Å². The molecule has 220 valence electrons. The second kappa shape index (κ2) is 27.4. The van der Waals surface area contributed by atoms with Gasteiger partial charge >= 0.3 is 6.18 Å². The normalized spacial score (nSPS) is 15.0. The number of aromatic nitrogens is 1. The van der Waals surface area contributed by atoms with E-state index in [1.807, 2.05) is 13.8 Å². The van der Waals surface area contributed by atoms with Crippen molar-refractivity contribution in [1.82, 2.24) is 9.88 Å². The predicted octanol–water partition coefficient (Wildman–Crippen LogP) is 7.04. The molecule has 0 unspecified atom stereocenters. The van der Waals surface area contributed by atoms with Crippen molar-refractivity contribution in [3.63, 3.8) is 0 Å². The lowest BCUT2D eigenvalue weighted by Crippen LogP contribution is -2.38. The van der Waals surface area contributed by atoms with Gasteiger partial charge in [0.15, 0.2) is 0 Å². The van der Waals surface area contributed by atoms with Crippen molar-refractivity contribution in [2.75, 3.05) is 40.3 Å². The number of hydrogen-bond donors (Lipinski definition) is 1. The summed E-state index contributed by atoms with van der Waals surface area (Å²) in [6.07, 6.45) is 3.66. The zero-order valence-electron chi connectivity index (χ0n) is 22.4. The topological polar surface area (TPSA) is 68.5 Å². The summed E-state index contributed by atoms with van der Waals surface area (Å²) in [5.41, 5.74) is 5.68. The van der Waals surface area contributed by atoms with Crippen molar-refractivity contribution >= 4 is 17.6 Å². The standard InChI is InChI=1S/C15H23FN2OS.C4H5F3O.C2H6.C2H4.CH2F2.CH5N/c16-8-11-19-15-17-13-6-9-18(10-7-14(13)20-15)12-4-2-1-3-5-12;5-4(6,7)2-1-3-8;2*1-2;2-1-3;1-2/h12H,1-11H2;3H,1-2H2;1-2H3;1-2H2;1H2;2H2,1H3. The second-order valence-corrected chi connectivity index (χ2v) is 8.18. The number of rotatable bonds is 6. The average Bonchev–Trinajstić information content (AvgIpc) is 3.21. The molecule has 2 aliphatic rings. The molecule has 37 heavy (non-hydrogen) atoms. The maximum Gasteiger partial charge on any atom is 0.389 e. The van der Waals surface area contributed by atoms with Crippen molar-refractivity contribution in [3.05, 3.63) is 23.7 Å². The van der Waals surface area contributed by atoms with E-state index in [-0.39, 0.29) is 12.9 Å². The Morgan fingerprint density at radius 3 is 2.08 bits per heavy atom. The summed E-state index contributed by atoms with van der Waals surface area (Å²) in [5, 5.41) is 0.652. The maximum atomic E-state index is 12.1. The fraction of sp³-hybridized carbons (Fsp3) is 0.760. The van der Waals surface area contributed by atoms with Crippen LogP contribution < -0.4 is 10.5 Å². The van der Waals surface area contributed by atoms with Crippen LogP contribution in [-0.2, 0) is 17.6 Å². The molecule has 2 heterocycles. The molecule has 5 nitrogen and oxygen atoms in total. The molecular weight excluding hydrogens is 520 g/mol. The molecule has 1 fully saturated rings. The third-order valence-corrected chi connectivity index (χ3v) is 6.03. The van der Waals surface area contributed by atoms with Gasteiger partial charge in [0.1, 0.15) is 19.6 Å². The quantitative estimate of drug-likeness (QED) is 0.228. The summed E-state index contributed by atoms with van der Waals surface area (Å²) in [4.78, 5) is 17.9. The molecule has 1 aromatic rings. The van der Waals surface area contributed by atoms with Gasteiger partial charge in [0, 0.05) is 36.9 Å². The molecule has 0 aromatic carbocycles. The van der Waals surface area contributed by atoms with Gasteiger partial charge in [-0.2, -0.15) is 13.2 Å². The molecule has 0 saturated heterocycles. The van der Waals surface area contributed by atoms with Gasteiger partial charge in [0.05, 0.1) is 12.1 Å². The predicted molar refractivity (Wildman–Crippen MR) is 141 cm³/mol. The minimum absolute atomic E-state index is 0.126. The van der Waals surface area contributed by atoms with Crippen LogP contribution in [0.5, 0.6) is 5.19 Å². The fourth-order valence-electron chi connectivity index (χ4n) is 3.58. The molecule has 1 aliphatic carbocycles. The summed E-state index contributed by atoms with van der Waals surface area (Å²) in [7, 11) is 1.50. The van der Waals surface area contributed by atoms with Gasteiger partial charge in [-0.3, -0.25) is 4.90 Å².